The molecule has 1 atom stereocenters. The summed E-state index contributed by atoms with van der Waals surface area (Å²) in [5.41, 5.74) is 0. The molecule has 1 rings (SSSR count). The third kappa shape index (κ3) is 2.71. The van der Waals surface area contributed by atoms with Crippen LogP contribution in [-0.4, -0.2) is 47.9 Å². The molecular formula is C11H22N2O. The number of nitrogens with zero attached hydrogens (tertiary/aromatic N) is 2. The molecule has 0 saturated carbocycles. The Morgan fingerprint density at radius 2 is 2.07 bits per heavy atom. The average Bonchev–Trinajstić information content (AvgIpc) is 2.62. The second-order valence-corrected chi connectivity index (χ2v) is 3.99. The van der Waals surface area contributed by atoms with E-state index in [1.54, 1.807) is 6.92 Å². The zero-order valence-electron chi connectivity index (χ0n) is 9.62. The molecule has 3 heteroatoms. The number of carbonyl (C=O) groups excluding carboxylic acids is 1. The molecule has 0 aliphatic carbocycles. The Morgan fingerprint density at radius 1 is 1.43 bits per heavy atom. The van der Waals surface area contributed by atoms with Gasteiger partial charge in [0.05, 0.1) is 0 Å². The fraction of sp³-hybridized carbons (Fsp3) is 0.909. The lowest BCUT2D eigenvalue weighted by molar-refractivity contribution is -0.129. The van der Waals surface area contributed by atoms with Gasteiger partial charge in [-0.2, -0.15) is 0 Å². The number of likely N-dealkylation sites (N-methyl/N-ethyl adjacent to an activating group) is 1. The van der Waals surface area contributed by atoms with E-state index in [1.807, 2.05) is 4.90 Å². The number of hydrogen-bond acceptors (Lipinski definition) is 2. The molecule has 1 aliphatic heterocycles. The minimum atomic E-state index is 0.236. The molecular weight excluding hydrogens is 176 g/mol. The topological polar surface area (TPSA) is 23.6 Å². The predicted molar refractivity (Wildman–Crippen MR) is 58.2 cm³/mol. The molecule has 0 aromatic heterocycles. The number of rotatable bonds is 4. The molecule has 1 amide bonds. The van der Waals surface area contributed by atoms with Crippen molar-refractivity contribution in [3.05, 3.63) is 0 Å². The summed E-state index contributed by atoms with van der Waals surface area (Å²) in [6.07, 6.45) is 2.35. The van der Waals surface area contributed by atoms with Crippen molar-refractivity contribution < 1.29 is 4.79 Å². The quantitative estimate of drug-likeness (QED) is 0.680. The standard InChI is InChI=1S/C11H22N2O/c1-4-12(5-2)9-11-7-6-8-13(11)10(3)14/h11H,4-9H2,1-3H3. The molecule has 82 valence electrons. The van der Waals surface area contributed by atoms with Crippen LogP contribution in [0, 0.1) is 0 Å². The van der Waals surface area contributed by atoms with Gasteiger partial charge in [-0.1, -0.05) is 13.8 Å². The Kier molecular flexibility index (Phi) is 4.39. The first kappa shape index (κ1) is 11.5. The van der Waals surface area contributed by atoms with Crippen LogP contribution in [0.15, 0.2) is 0 Å². The van der Waals surface area contributed by atoms with E-state index in [0.29, 0.717) is 6.04 Å². The highest BCUT2D eigenvalue weighted by molar-refractivity contribution is 5.73. The van der Waals surface area contributed by atoms with Crippen LogP contribution in [-0.2, 0) is 4.79 Å². The van der Waals surface area contributed by atoms with Crippen LogP contribution >= 0.6 is 0 Å². The van der Waals surface area contributed by atoms with E-state index in [-0.39, 0.29) is 5.91 Å². The van der Waals surface area contributed by atoms with E-state index in [1.165, 1.54) is 12.8 Å². The number of hydrogen-bond donors (Lipinski definition) is 0. The highest BCUT2D eigenvalue weighted by atomic mass is 16.2. The molecule has 0 radical (unpaired) electrons. The second-order valence-electron chi connectivity index (χ2n) is 3.99. The Labute approximate surface area is 87.1 Å². The van der Waals surface area contributed by atoms with E-state index in [0.717, 1.165) is 26.2 Å². The number of amides is 1. The normalized spacial score (nSPS) is 22.0. The third-order valence-electron chi connectivity index (χ3n) is 3.14. The molecule has 1 saturated heterocycles. The van der Waals surface area contributed by atoms with Gasteiger partial charge in [-0.05, 0) is 25.9 Å². The molecule has 14 heavy (non-hydrogen) atoms. The monoisotopic (exact) mass is 198 g/mol. The van der Waals surface area contributed by atoms with Crippen molar-refractivity contribution in [2.75, 3.05) is 26.2 Å². The zero-order chi connectivity index (χ0) is 10.6. The van der Waals surface area contributed by atoms with Crippen LogP contribution < -0.4 is 0 Å². The highest BCUT2D eigenvalue weighted by Crippen LogP contribution is 2.18. The Balaban J connectivity index is 2.46. The predicted octanol–water partition coefficient (Wildman–Crippen LogP) is 1.34. The summed E-state index contributed by atoms with van der Waals surface area (Å²) >= 11 is 0. The summed E-state index contributed by atoms with van der Waals surface area (Å²) in [4.78, 5) is 15.7. The first-order valence-electron chi connectivity index (χ1n) is 5.68. The smallest absolute Gasteiger partial charge is 0.219 e. The lowest BCUT2D eigenvalue weighted by Crippen LogP contribution is -2.42. The largest absolute Gasteiger partial charge is 0.339 e. The average molecular weight is 198 g/mol. The van der Waals surface area contributed by atoms with Crippen molar-refractivity contribution in [3.63, 3.8) is 0 Å². The van der Waals surface area contributed by atoms with Crippen LogP contribution in [0.4, 0.5) is 0 Å². The van der Waals surface area contributed by atoms with Gasteiger partial charge >= 0.3 is 0 Å². The van der Waals surface area contributed by atoms with Crippen LogP contribution in [0.2, 0.25) is 0 Å². The first-order valence-corrected chi connectivity index (χ1v) is 5.68. The summed E-state index contributed by atoms with van der Waals surface area (Å²) < 4.78 is 0. The maximum absolute atomic E-state index is 11.3. The zero-order valence-corrected chi connectivity index (χ0v) is 9.62. The third-order valence-corrected chi connectivity index (χ3v) is 3.14. The van der Waals surface area contributed by atoms with E-state index in [2.05, 4.69) is 18.7 Å². The van der Waals surface area contributed by atoms with Gasteiger partial charge < -0.3 is 9.80 Å². The molecule has 1 heterocycles. The number of carbonyl (C=O) groups is 1. The summed E-state index contributed by atoms with van der Waals surface area (Å²) in [6, 6.07) is 0.465. The molecule has 0 bridgehead atoms. The summed E-state index contributed by atoms with van der Waals surface area (Å²) in [5.74, 6) is 0.236. The molecule has 0 aromatic carbocycles. The molecule has 1 fully saturated rings. The molecule has 0 spiro atoms. The Bertz CT molecular complexity index is 190. The van der Waals surface area contributed by atoms with Crippen LogP contribution in [0.3, 0.4) is 0 Å². The van der Waals surface area contributed by atoms with Crippen molar-refractivity contribution in [3.8, 4) is 0 Å². The summed E-state index contributed by atoms with van der Waals surface area (Å²) in [6.45, 7) is 10.2. The van der Waals surface area contributed by atoms with Gasteiger partial charge in [0.1, 0.15) is 0 Å². The lowest BCUT2D eigenvalue weighted by atomic mass is 10.2. The Hall–Kier alpha value is -0.570. The minimum absolute atomic E-state index is 0.236. The molecule has 0 aromatic rings. The van der Waals surface area contributed by atoms with Gasteiger partial charge in [0.15, 0.2) is 0 Å². The van der Waals surface area contributed by atoms with Crippen LogP contribution in [0.25, 0.3) is 0 Å². The molecule has 0 N–H and O–H groups in total. The van der Waals surface area contributed by atoms with Crippen molar-refractivity contribution in [1.29, 1.82) is 0 Å². The molecule has 3 nitrogen and oxygen atoms in total. The van der Waals surface area contributed by atoms with E-state index >= 15 is 0 Å². The van der Waals surface area contributed by atoms with Crippen molar-refractivity contribution in [2.24, 2.45) is 0 Å². The summed E-state index contributed by atoms with van der Waals surface area (Å²) in [5, 5.41) is 0. The van der Waals surface area contributed by atoms with Crippen LogP contribution in [0.5, 0.6) is 0 Å². The van der Waals surface area contributed by atoms with Crippen LogP contribution in [0.1, 0.15) is 33.6 Å². The summed E-state index contributed by atoms with van der Waals surface area (Å²) in [7, 11) is 0. The fourth-order valence-corrected chi connectivity index (χ4v) is 2.22. The van der Waals surface area contributed by atoms with Gasteiger partial charge in [-0.15, -0.1) is 0 Å². The highest BCUT2D eigenvalue weighted by Gasteiger charge is 2.27. The number of likely N-dealkylation sites (tertiary alicyclic amines) is 1. The van der Waals surface area contributed by atoms with Crippen molar-refractivity contribution in [1.82, 2.24) is 9.80 Å². The maximum Gasteiger partial charge on any atom is 0.219 e. The second kappa shape index (κ2) is 5.35. The molecule has 1 unspecified atom stereocenters. The van der Waals surface area contributed by atoms with Gasteiger partial charge in [-0.25, -0.2) is 0 Å². The molecule has 1 aliphatic rings. The van der Waals surface area contributed by atoms with Gasteiger partial charge in [-0.3, -0.25) is 4.79 Å². The van der Waals surface area contributed by atoms with Gasteiger partial charge in [0.25, 0.3) is 0 Å². The first-order chi connectivity index (χ1) is 6.69. The van der Waals surface area contributed by atoms with Crippen molar-refractivity contribution in [2.45, 2.75) is 39.7 Å². The van der Waals surface area contributed by atoms with E-state index in [4.69, 9.17) is 0 Å². The van der Waals surface area contributed by atoms with E-state index in [9.17, 15) is 4.79 Å². The Morgan fingerprint density at radius 3 is 2.57 bits per heavy atom. The van der Waals surface area contributed by atoms with Gasteiger partial charge in [0, 0.05) is 26.1 Å². The fourth-order valence-electron chi connectivity index (χ4n) is 2.22. The van der Waals surface area contributed by atoms with E-state index < -0.39 is 0 Å². The minimum Gasteiger partial charge on any atom is -0.339 e. The SMILES string of the molecule is CCN(CC)CC1CCCN1C(C)=O. The van der Waals surface area contributed by atoms with Gasteiger partial charge in [0.2, 0.25) is 5.91 Å². The lowest BCUT2D eigenvalue weighted by Gasteiger charge is -2.28. The van der Waals surface area contributed by atoms with Crippen molar-refractivity contribution >= 4 is 5.91 Å². The maximum atomic E-state index is 11.3.